The molecular weight excluding hydrogens is 242 g/mol. The van der Waals surface area contributed by atoms with Crippen molar-refractivity contribution in [1.82, 2.24) is 21.2 Å². The molecule has 0 atom stereocenters. The van der Waals surface area contributed by atoms with Gasteiger partial charge in [0.2, 0.25) is 0 Å². The van der Waals surface area contributed by atoms with Gasteiger partial charge in [-0.15, -0.1) is 0 Å². The monoisotopic (exact) mass is 263 g/mol. The molecule has 0 radical (unpaired) electrons. The lowest BCUT2D eigenvalue weighted by atomic mass is 10.2. The highest BCUT2D eigenvalue weighted by Gasteiger charge is 2.04. The van der Waals surface area contributed by atoms with E-state index in [-0.39, 0.29) is 0 Å². The van der Waals surface area contributed by atoms with E-state index in [2.05, 4.69) is 26.3 Å². The van der Waals surface area contributed by atoms with Crippen LogP contribution >= 0.6 is 0 Å². The Labute approximate surface area is 113 Å². The second-order valence-electron chi connectivity index (χ2n) is 4.34. The average molecular weight is 263 g/mol. The zero-order valence-corrected chi connectivity index (χ0v) is 11.2. The topological polar surface area (TPSA) is 60.9 Å². The van der Waals surface area contributed by atoms with Crippen molar-refractivity contribution in [2.75, 3.05) is 33.3 Å². The largest absolute Gasteiger partial charge is 0.497 e. The highest BCUT2D eigenvalue weighted by atomic mass is 16.5. The van der Waals surface area contributed by atoms with Crippen LogP contribution in [0.4, 0.5) is 0 Å². The zero-order valence-electron chi connectivity index (χ0n) is 11.2. The fourth-order valence-corrected chi connectivity index (χ4v) is 1.84. The van der Waals surface area contributed by atoms with Gasteiger partial charge in [0.25, 0.3) is 0 Å². The molecule has 0 aromatic heterocycles. The Morgan fingerprint density at radius 3 is 2.74 bits per heavy atom. The molecule has 0 aliphatic carbocycles. The molecular formula is C13H21N5O. The molecule has 0 amide bonds. The van der Waals surface area contributed by atoms with Crippen LogP contribution in [0, 0.1) is 0 Å². The molecule has 1 fully saturated rings. The Kier molecular flexibility index (Phi) is 5.46. The lowest BCUT2D eigenvalue weighted by molar-refractivity contribution is 0.362. The molecule has 1 aliphatic heterocycles. The van der Waals surface area contributed by atoms with Crippen LogP contribution in [0.15, 0.2) is 29.4 Å². The first-order valence-corrected chi connectivity index (χ1v) is 6.47. The summed E-state index contributed by atoms with van der Waals surface area (Å²) in [5.41, 5.74) is 7.06. The van der Waals surface area contributed by atoms with Gasteiger partial charge in [-0.3, -0.25) is 0 Å². The summed E-state index contributed by atoms with van der Waals surface area (Å²) in [5.74, 6) is 0.869. The molecule has 3 N–H and O–H groups in total. The molecule has 0 bridgehead atoms. The minimum absolute atomic E-state index is 0.711. The number of ether oxygens (including phenoxy) is 1. The first-order valence-electron chi connectivity index (χ1n) is 6.47. The number of nitrogens with zero attached hydrogens (tertiary/aromatic N) is 2. The zero-order chi connectivity index (χ0) is 13.3. The molecule has 1 aromatic rings. The van der Waals surface area contributed by atoms with E-state index in [9.17, 15) is 0 Å². The lowest BCUT2D eigenvalue weighted by Crippen LogP contribution is -2.43. The van der Waals surface area contributed by atoms with Crippen molar-refractivity contribution in [2.24, 2.45) is 5.10 Å². The third-order valence-electron chi connectivity index (χ3n) is 2.97. The van der Waals surface area contributed by atoms with Gasteiger partial charge in [-0.25, -0.2) is 11.0 Å². The second kappa shape index (κ2) is 7.60. The van der Waals surface area contributed by atoms with Crippen LogP contribution in [0.25, 0.3) is 0 Å². The van der Waals surface area contributed by atoms with Crippen molar-refractivity contribution in [3.8, 4) is 5.75 Å². The number of piperazine rings is 1. The third-order valence-corrected chi connectivity index (χ3v) is 2.97. The molecule has 0 saturated carbocycles. The SMILES string of the molecule is COc1ccc(CNNN=CN2CCNCC2)cc1. The summed E-state index contributed by atoms with van der Waals surface area (Å²) in [6.45, 7) is 4.76. The average Bonchev–Trinajstić information content (AvgIpc) is 2.49. The predicted molar refractivity (Wildman–Crippen MR) is 75.9 cm³/mol. The van der Waals surface area contributed by atoms with Gasteiger partial charge in [-0.2, -0.15) is 5.10 Å². The molecule has 1 aromatic carbocycles. The lowest BCUT2D eigenvalue weighted by Gasteiger charge is -2.24. The fourth-order valence-electron chi connectivity index (χ4n) is 1.84. The van der Waals surface area contributed by atoms with Crippen molar-refractivity contribution < 1.29 is 4.74 Å². The van der Waals surface area contributed by atoms with Crippen LogP contribution in [-0.2, 0) is 6.54 Å². The number of nitrogens with one attached hydrogen (secondary N) is 3. The van der Waals surface area contributed by atoms with Crippen molar-refractivity contribution in [2.45, 2.75) is 6.54 Å². The van der Waals surface area contributed by atoms with Crippen LogP contribution in [0.5, 0.6) is 5.75 Å². The summed E-state index contributed by atoms with van der Waals surface area (Å²) in [4.78, 5) is 2.18. The van der Waals surface area contributed by atoms with E-state index in [0.29, 0.717) is 6.54 Å². The van der Waals surface area contributed by atoms with Crippen LogP contribution in [-0.4, -0.2) is 44.5 Å². The Morgan fingerprint density at radius 2 is 2.05 bits per heavy atom. The maximum Gasteiger partial charge on any atom is 0.118 e. The summed E-state index contributed by atoms with van der Waals surface area (Å²) in [5, 5.41) is 7.43. The van der Waals surface area contributed by atoms with E-state index in [1.165, 1.54) is 5.56 Å². The highest BCUT2D eigenvalue weighted by molar-refractivity contribution is 5.54. The highest BCUT2D eigenvalue weighted by Crippen LogP contribution is 2.10. The number of rotatable bonds is 6. The van der Waals surface area contributed by atoms with E-state index in [1.807, 2.05) is 30.6 Å². The summed E-state index contributed by atoms with van der Waals surface area (Å²) < 4.78 is 5.11. The number of methoxy groups -OCH3 is 1. The van der Waals surface area contributed by atoms with Gasteiger partial charge in [0, 0.05) is 32.7 Å². The summed E-state index contributed by atoms with van der Waals surface area (Å²) in [6, 6.07) is 7.93. The summed E-state index contributed by atoms with van der Waals surface area (Å²) in [6.07, 6.45) is 1.84. The molecule has 6 heteroatoms. The fraction of sp³-hybridized carbons (Fsp3) is 0.462. The molecule has 0 unspecified atom stereocenters. The maximum absolute atomic E-state index is 5.11. The maximum atomic E-state index is 5.11. The van der Waals surface area contributed by atoms with Gasteiger partial charge in [-0.1, -0.05) is 12.1 Å². The van der Waals surface area contributed by atoms with Gasteiger partial charge in [0.15, 0.2) is 0 Å². The minimum Gasteiger partial charge on any atom is -0.497 e. The van der Waals surface area contributed by atoms with Crippen LogP contribution in [0.1, 0.15) is 5.56 Å². The minimum atomic E-state index is 0.711. The summed E-state index contributed by atoms with van der Waals surface area (Å²) in [7, 11) is 1.67. The quantitative estimate of drug-likeness (QED) is 0.295. The Morgan fingerprint density at radius 1 is 1.32 bits per heavy atom. The number of hydrogen-bond donors (Lipinski definition) is 3. The summed E-state index contributed by atoms with van der Waals surface area (Å²) >= 11 is 0. The second-order valence-corrected chi connectivity index (χ2v) is 4.34. The molecule has 6 nitrogen and oxygen atoms in total. The molecule has 104 valence electrons. The number of benzene rings is 1. The van der Waals surface area contributed by atoms with E-state index in [4.69, 9.17) is 4.74 Å². The van der Waals surface area contributed by atoms with E-state index in [1.54, 1.807) is 7.11 Å². The molecule has 1 heterocycles. The Bertz CT molecular complexity index is 387. The van der Waals surface area contributed by atoms with Crippen LogP contribution in [0.2, 0.25) is 0 Å². The smallest absolute Gasteiger partial charge is 0.118 e. The van der Waals surface area contributed by atoms with Crippen LogP contribution in [0.3, 0.4) is 0 Å². The molecule has 0 spiro atoms. The van der Waals surface area contributed by atoms with E-state index >= 15 is 0 Å². The van der Waals surface area contributed by atoms with Gasteiger partial charge in [-0.05, 0) is 17.7 Å². The van der Waals surface area contributed by atoms with Crippen molar-refractivity contribution in [3.63, 3.8) is 0 Å². The normalized spacial score (nSPS) is 15.7. The van der Waals surface area contributed by atoms with Crippen molar-refractivity contribution in [1.29, 1.82) is 0 Å². The predicted octanol–water partition coefficient (Wildman–Crippen LogP) is 0.138. The molecule has 1 aliphatic rings. The number of hydrazone groups is 1. The van der Waals surface area contributed by atoms with E-state index < -0.39 is 0 Å². The van der Waals surface area contributed by atoms with Crippen molar-refractivity contribution in [3.05, 3.63) is 29.8 Å². The Hall–Kier alpha value is -1.79. The standard InChI is InChI=1S/C13H21N5O/c1-19-13-4-2-12(3-5-13)10-15-17-16-11-18-8-6-14-7-9-18/h2-5,11,14-15,17H,6-10H2,1H3. The first-order chi connectivity index (χ1) is 9.38. The van der Waals surface area contributed by atoms with Crippen molar-refractivity contribution >= 4 is 6.34 Å². The molecule has 1 saturated heterocycles. The third kappa shape index (κ3) is 4.76. The van der Waals surface area contributed by atoms with Gasteiger partial charge >= 0.3 is 0 Å². The first kappa shape index (κ1) is 13.6. The van der Waals surface area contributed by atoms with Gasteiger partial charge in [0.1, 0.15) is 12.1 Å². The van der Waals surface area contributed by atoms with E-state index in [0.717, 1.165) is 31.9 Å². The van der Waals surface area contributed by atoms with Gasteiger partial charge < -0.3 is 15.0 Å². The Balaban J connectivity index is 1.64. The molecule has 2 rings (SSSR count). The number of hydrazine groups is 1. The number of hydrogen-bond acceptors (Lipinski definition) is 5. The van der Waals surface area contributed by atoms with Crippen LogP contribution < -0.4 is 21.0 Å². The molecule has 19 heavy (non-hydrogen) atoms. The van der Waals surface area contributed by atoms with Gasteiger partial charge in [0.05, 0.1) is 7.11 Å².